The molecule has 0 spiro atoms. The normalized spacial score (nSPS) is 17.5. The van der Waals surface area contributed by atoms with E-state index in [9.17, 15) is 9.59 Å². The van der Waals surface area contributed by atoms with Gasteiger partial charge in [0, 0.05) is 31.7 Å². The standard InChI is InChI=1S/C4H5NO2.Li/c6-3-1-2-4(7)5-3;/h1-2H2,(H,5,6,7);. The Bertz CT molecular complexity index is 109. The van der Waals surface area contributed by atoms with E-state index in [-0.39, 0.29) is 30.7 Å². The molecule has 1 rings (SSSR count). The van der Waals surface area contributed by atoms with E-state index in [0.717, 1.165) is 0 Å². The molecule has 2 amide bonds. The molecule has 1 radical (unpaired) electrons. The van der Waals surface area contributed by atoms with Gasteiger partial charge in [0.1, 0.15) is 0 Å². The van der Waals surface area contributed by atoms with Crippen LogP contribution in [0.15, 0.2) is 0 Å². The molecule has 0 atom stereocenters. The van der Waals surface area contributed by atoms with Gasteiger partial charge in [-0.15, -0.1) is 0 Å². The zero-order valence-corrected chi connectivity index (χ0v) is 4.73. The molecule has 4 heteroatoms. The third kappa shape index (κ3) is 1.69. The molecule has 1 saturated heterocycles. The van der Waals surface area contributed by atoms with Crippen LogP contribution in [0.4, 0.5) is 0 Å². The summed E-state index contributed by atoms with van der Waals surface area (Å²) in [5.41, 5.74) is 0. The monoisotopic (exact) mass is 106 g/mol. The van der Waals surface area contributed by atoms with Crippen molar-refractivity contribution in [2.24, 2.45) is 0 Å². The first-order valence-corrected chi connectivity index (χ1v) is 2.12. The van der Waals surface area contributed by atoms with Crippen molar-refractivity contribution >= 4 is 30.7 Å². The Balaban J connectivity index is 0.000000490. The third-order valence-electron chi connectivity index (χ3n) is 0.858. The van der Waals surface area contributed by atoms with E-state index >= 15 is 0 Å². The summed E-state index contributed by atoms with van der Waals surface area (Å²) in [6.45, 7) is 0. The average molecular weight is 106 g/mol. The largest absolute Gasteiger partial charge is 0.296 e. The number of nitrogens with one attached hydrogen (secondary N) is 1. The van der Waals surface area contributed by atoms with Crippen molar-refractivity contribution in [3.8, 4) is 0 Å². The van der Waals surface area contributed by atoms with E-state index < -0.39 is 0 Å². The summed E-state index contributed by atoms with van der Waals surface area (Å²) in [5.74, 6) is -0.296. The maximum atomic E-state index is 10.1. The van der Waals surface area contributed by atoms with Crippen molar-refractivity contribution in [3.63, 3.8) is 0 Å². The Hall–Kier alpha value is -0.263. The molecular weight excluding hydrogens is 101 g/mol. The molecule has 0 aromatic rings. The minimum Gasteiger partial charge on any atom is -0.296 e. The SMILES string of the molecule is O=C1CCC(=O)N1.[Li]. The predicted octanol–water partition coefficient (Wildman–Crippen LogP) is -0.958. The predicted molar refractivity (Wildman–Crippen MR) is 28.1 cm³/mol. The molecule has 1 heterocycles. The Kier molecular flexibility index (Phi) is 2.81. The minimum atomic E-state index is -0.148. The van der Waals surface area contributed by atoms with Gasteiger partial charge in [-0.1, -0.05) is 0 Å². The van der Waals surface area contributed by atoms with E-state index in [1.165, 1.54) is 0 Å². The van der Waals surface area contributed by atoms with Crippen molar-refractivity contribution in [2.45, 2.75) is 12.8 Å². The van der Waals surface area contributed by atoms with Gasteiger partial charge in [0.25, 0.3) is 0 Å². The Morgan fingerprint density at radius 1 is 1.12 bits per heavy atom. The molecule has 0 aliphatic carbocycles. The van der Waals surface area contributed by atoms with Gasteiger partial charge in [0.2, 0.25) is 11.8 Å². The van der Waals surface area contributed by atoms with Crippen LogP contribution in [0.2, 0.25) is 0 Å². The van der Waals surface area contributed by atoms with Crippen LogP contribution >= 0.6 is 0 Å². The van der Waals surface area contributed by atoms with E-state index in [0.29, 0.717) is 12.8 Å². The molecule has 0 unspecified atom stereocenters. The number of imide groups is 1. The van der Waals surface area contributed by atoms with Gasteiger partial charge in [-0.3, -0.25) is 14.9 Å². The summed E-state index contributed by atoms with van der Waals surface area (Å²) in [6, 6.07) is 0. The Labute approximate surface area is 59.0 Å². The summed E-state index contributed by atoms with van der Waals surface area (Å²) in [5, 5.41) is 2.14. The fourth-order valence-electron chi connectivity index (χ4n) is 0.508. The number of rotatable bonds is 0. The van der Waals surface area contributed by atoms with Crippen LogP contribution in [-0.2, 0) is 9.59 Å². The quantitative estimate of drug-likeness (QED) is 0.319. The van der Waals surface area contributed by atoms with E-state index in [1.54, 1.807) is 0 Å². The van der Waals surface area contributed by atoms with Crippen LogP contribution in [0.1, 0.15) is 12.8 Å². The Morgan fingerprint density at radius 2 is 1.50 bits per heavy atom. The molecule has 8 heavy (non-hydrogen) atoms. The van der Waals surface area contributed by atoms with Crippen LogP contribution in [0.5, 0.6) is 0 Å². The summed E-state index contributed by atoms with van der Waals surface area (Å²) >= 11 is 0. The second-order valence-electron chi connectivity index (χ2n) is 1.47. The van der Waals surface area contributed by atoms with Crippen molar-refractivity contribution in [1.29, 1.82) is 0 Å². The molecule has 0 aromatic heterocycles. The molecule has 3 nitrogen and oxygen atoms in total. The number of carbonyl (C=O) groups excluding carboxylic acids is 2. The zero-order chi connectivity index (χ0) is 5.28. The molecule has 0 aromatic carbocycles. The van der Waals surface area contributed by atoms with Gasteiger partial charge < -0.3 is 0 Å². The van der Waals surface area contributed by atoms with Crippen LogP contribution in [0.25, 0.3) is 0 Å². The van der Waals surface area contributed by atoms with Gasteiger partial charge in [-0.05, 0) is 0 Å². The van der Waals surface area contributed by atoms with E-state index in [2.05, 4.69) is 5.32 Å². The van der Waals surface area contributed by atoms with Gasteiger partial charge in [-0.2, -0.15) is 0 Å². The fraction of sp³-hybridized carbons (Fsp3) is 0.500. The topological polar surface area (TPSA) is 46.2 Å². The number of hydrogen-bond donors (Lipinski definition) is 1. The number of hydrogen-bond acceptors (Lipinski definition) is 2. The summed E-state index contributed by atoms with van der Waals surface area (Å²) < 4.78 is 0. The first kappa shape index (κ1) is 7.74. The summed E-state index contributed by atoms with van der Waals surface area (Å²) in [6.07, 6.45) is 0.748. The molecule has 1 aliphatic heterocycles. The maximum Gasteiger partial charge on any atom is 0.227 e. The second kappa shape index (κ2) is 2.91. The zero-order valence-electron chi connectivity index (χ0n) is 4.73. The molecule has 1 aliphatic rings. The molecule has 1 fully saturated rings. The molecule has 1 N–H and O–H groups in total. The van der Waals surface area contributed by atoms with Crippen LogP contribution in [0.3, 0.4) is 0 Å². The van der Waals surface area contributed by atoms with Crippen LogP contribution in [0, 0.1) is 0 Å². The fourth-order valence-corrected chi connectivity index (χ4v) is 0.508. The first-order chi connectivity index (χ1) is 3.29. The van der Waals surface area contributed by atoms with Crippen LogP contribution in [-0.4, -0.2) is 30.7 Å². The van der Waals surface area contributed by atoms with Gasteiger partial charge in [0.15, 0.2) is 0 Å². The summed E-state index contributed by atoms with van der Waals surface area (Å²) in [7, 11) is 0. The smallest absolute Gasteiger partial charge is 0.227 e. The van der Waals surface area contributed by atoms with E-state index in [4.69, 9.17) is 0 Å². The molecule has 0 bridgehead atoms. The van der Waals surface area contributed by atoms with Crippen LogP contribution < -0.4 is 5.32 Å². The Morgan fingerprint density at radius 3 is 1.62 bits per heavy atom. The van der Waals surface area contributed by atoms with Gasteiger partial charge >= 0.3 is 0 Å². The first-order valence-electron chi connectivity index (χ1n) is 2.12. The molecule has 0 saturated carbocycles. The van der Waals surface area contributed by atoms with Gasteiger partial charge in [0.05, 0.1) is 0 Å². The van der Waals surface area contributed by atoms with E-state index in [1.807, 2.05) is 0 Å². The molecule has 39 valence electrons. The van der Waals surface area contributed by atoms with Crippen molar-refractivity contribution in [2.75, 3.05) is 0 Å². The maximum absolute atomic E-state index is 10.1. The van der Waals surface area contributed by atoms with Crippen molar-refractivity contribution in [3.05, 3.63) is 0 Å². The minimum absolute atomic E-state index is 0. The van der Waals surface area contributed by atoms with Gasteiger partial charge in [-0.25, -0.2) is 0 Å². The number of carbonyl (C=O) groups is 2. The average Bonchev–Trinajstić information content (AvgIpc) is 1.87. The number of amides is 2. The second-order valence-corrected chi connectivity index (χ2v) is 1.47. The third-order valence-corrected chi connectivity index (χ3v) is 0.858. The van der Waals surface area contributed by atoms with Crippen molar-refractivity contribution < 1.29 is 9.59 Å². The summed E-state index contributed by atoms with van der Waals surface area (Å²) in [4.78, 5) is 20.2. The molecular formula is C4H5LiNO2. The van der Waals surface area contributed by atoms with Crippen molar-refractivity contribution in [1.82, 2.24) is 5.32 Å².